The van der Waals surface area contributed by atoms with Crippen LogP contribution in [-0.2, 0) is 25.0 Å². The van der Waals surface area contributed by atoms with E-state index in [2.05, 4.69) is 86.3 Å². The molecule has 7 heteroatoms. The fraction of sp³-hybridized carbons (Fsp3) is 0.565. The number of benzene rings is 1. The average Bonchev–Trinajstić information content (AvgIpc) is 3.19. The average molecular weight is 527 g/mol. The van der Waals surface area contributed by atoms with Gasteiger partial charge >= 0.3 is 0 Å². The molecule has 2 aromatic rings. The molecule has 0 bridgehead atoms. The molecule has 1 heterocycles. The Balaban J connectivity index is 0.00000450. The van der Waals surface area contributed by atoms with E-state index in [1.54, 1.807) is 6.20 Å². The second kappa shape index (κ2) is 12.9. The van der Waals surface area contributed by atoms with Gasteiger partial charge in [0.1, 0.15) is 5.76 Å². The molecule has 2 rings (SSSR count). The molecule has 0 radical (unpaired) electrons. The summed E-state index contributed by atoms with van der Waals surface area (Å²) in [5, 5.41) is 6.58. The molecule has 30 heavy (non-hydrogen) atoms. The highest BCUT2D eigenvalue weighted by atomic mass is 127. The second-order valence-electron chi connectivity index (χ2n) is 8.19. The molecule has 0 aliphatic heterocycles. The third kappa shape index (κ3) is 8.63. The van der Waals surface area contributed by atoms with Gasteiger partial charge in [0.05, 0.1) is 19.3 Å². The summed E-state index contributed by atoms with van der Waals surface area (Å²) in [5.41, 5.74) is 2.49. The Labute approximate surface area is 199 Å². The quantitative estimate of drug-likeness (QED) is 0.282. The Morgan fingerprint density at radius 2 is 1.67 bits per heavy atom. The summed E-state index contributed by atoms with van der Waals surface area (Å²) in [4.78, 5) is 11.5. The van der Waals surface area contributed by atoms with Crippen LogP contribution >= 0.6 is 24.0 Å². The van der Waals surface area contributed by atoms with E-state index < -0.39 is 0 Å². The molecule has 168 valence electrons. The third-order valence-corrected chi connectivity index (χ3v) is 4.79. The van der Waals surface area contributed by atoms with Crippen LogP contribution < -0.4 is 10.6 Å². The van der Waals surface area contributed by atoms with Gasteiger partial charge in [0.2, 0.25) is 5.89 Å². The van der Waals surface area contributed by atoms with E-state index >= 15 is 0 Å². The first kappa shape index (κ1) is 26.4. The molecule has 0 fully saturated rings. The smallest absolute Gasteiger partial charge is 0.213 e. The van der Waals surface area contributed by atoms with Crippen molar-refractivity contribution in [3.05, 3.63) is 53.2 Å². The van der Waals surface area contributed by atoms with Crippen LogP contribution in [-0.4, -0.2) is 35.5 Å². The lowest BCUT2D eigenvalue weighted by molar-refractivity contribution is 0.296. The Morgan fingerprint density at radius 1 is 1.03 bits per heavy atom. The maximum atomic E-state index is 5.84. The molecular formula is C23H38IN5O. The number of rotatable bonds is 9. The number of nitrogens with one attached hydrogen (secondary N) is 2. The summed E-state index contributed by atoms with van der Waals surface area (Å²) in [6, 6.07) is 8.72. The van der Waals surface area contributed by atoms with Crippen LogP contribution in [0.1, 0.15) is 64.3 Å². The fourth-order valence-electron chi connectivity index (χ4n) is 2.87. The van der Waals surface area contributed by atoms with Gasteiger partial charge in [-0.05, 0) is 31.1 Å². The normalized spacial score (nSPS) is 12.0. The molecular weight excluding hydrogens is 489 g/mol. The number of aromatic nitrogens is 1. The van der Waals surface area contributed by atoms with Crippen LogP contribution in [0.3, 0.4) is 0 Å². The molecule has 0 aliphatic rings. The minimum absolute atomic E-state index is 0. The Bertz CT molecular complexity index is 761. The van der Waals surface area contributed by atoms with Crippen molar-refractivity contribution in [3.63, 3.8) is 0 Å². The van der Waals surface area contributed by atoms with Gasteiger partial charge in [0.15, 0.2) is 5.96 Å². The largest absolute Gasteiger partial charge is 0.443 e. The van der Waals surface area contributed by atoms with Crippen LogP contribution in [0.25, 0.3) is 0 Å². The highest BCUT2D eigenvalue weighted by Crippen LogP contribution is 2.22. The first-order valence-electron chi connectivity index (χ1n) is 10.6. The summed E-state index contributed by atoms with van der Waals surface area (Å²) in [6.07, 6.45) is 1.81. The minimum atomic E-state index is -0.0404. The first-order chi connectivity index (χ1) is 13.9. The molecule has 0 saturated carbocycles. The predicted molar refractivity (Wildman–Crippen MR) is 135 cm³/mol. The van der Waals surface area contributed by atoms with Crippen molar-refractivity contribution in [1.82, 2.24) is 20.5 Å². The van der Waals surface area contributed by atoms with Crippen LogP contribution in [0, 0.1) is 0 Å². The van der Waals surface area contributed by atoms with Crippen LogP contribution in [0.15, 0.2) is 39.9 Å². The van der Waals surface area contributed by atoms with E-state index in [1.165, 1.54) is 11.1 Å². The summed E-state index contributed by atoms with van der Waals surface area (Å²) < 4.78 is 5.84. The van der Waals surface area contributed by atoms with Crippen molar-refractivity contribution in [2.75, 3.05) is 19.6 Å². The summed E-state index contributed by atoms with van der Waals surface area (Å²) in [6.45, 7) is 17.9. The van der Waals surface area contributed by atoms with Gasteiger partial charge in [0.25, 0.3) is 0 Å². The van der Waals surface area contributed by atoms with Crippen molar-refractivity contribution < 1.29 is 4.42 Å². The van der Waals surface area contributed by atoms with Crippen molar-refractivity contribution in [2.45, 2.75) is 66.6 Å². The monoisotopic (exact) mass is 527 g/mol. The van der Waals surface area contributed by atoms with Crippen molar-refractivity contribution in [3.8, 4) is 0 Å². The Hall–Kier alpha value is -1.61. The predicted octanol–water partition coefficient (Wildman–Crippen LogP) is 4.69. The van der Waals surface area contributed by atoms with Crippen molar-refractivity contribution in [2.24, 2.45) is 4.99 Å². The molecule has 0 atom stereocenters. The Kier molecular flexibility index (Phi) is 11.4. The number of hydrogen-bond donors (Lipinski definition) is 2. The molecule has 0 amide bonds. The van der Waals surface area contributed by atoms with Crippen molar-refractivity contribution in [1.29, 1.82) is 0 Å². The topological polar surface area (TPSA) is 65.7 Å². The van der Waals surface area contributed by atoms with E-state index in [9.17, 15) is 0 Å². The number of oxazole rings is 1. The summed E-state index contributed by atoms with van der Waals surface area (Å²) in [5.74, 6) is 2.32. The van der Waals surface area contributed by atoms with Gasteiger partial charge < -0.3 is 15.1 Å². The highest BCUT2D eigenvalue weighted by molar-refractivity contribution is 14.0. The highest BCUT2D eigenvalue weighted by Gasteiger charge is 2.19. The lowest BCUT2D eigenvalue weighted by atomic mass is 9.94. The Morgan fingerprint density at radius 3 is 2.20 bits per heavy atom. The van der Waals surface area contributed by atoms with Crippen molar-refractivity contribution >= 4 is 29.9 Å². The number of halogens is 1. The zero-order chi connectivity index (χ0) is 21.3. The maximum Gasteiger partial charge on any atom is 0.213 e. The zero-order valence-corrected chi connectivity index (χ0v) is 21.6. The summed E-state index contributed by atoms with van der Waals surface area (Å²) in [7, 11) is 0. The van der Waals surface area contributed by atoms with Gasteiger partial charge in [-0.3, -0.25) is 4.90 Å². The van der Waals surface area contributed by atoms with Crippen LogP contribution in [0.4, 0.5) is 0 Å². The number of guanidine groups is 1. The molecule has 0 unspecified atom stereocenters. The summed E-state index contributed by atoms with van der Waals surface area (Å²) >= 11 is 0. The van der Waals surface area contributed by atoms with E-state index in [-0.39, 0.29) is 29.4 Å². The molecule has 0 saturated heterocycles. The van der Waals surface area contributed by atoms with Gasteiger partial charge in [-0.1, -0.05) is 58.9 Å². The standard InChI is InChI=1S/C23H37N5O.HI/c1-7-24-22(27-16-21-25-15-20(29-21)23(4,5)6)26-14-18-10-12-19(13-11-18)17-28(8-2)9-3;/h10-13,15H,7-9,14,16-17H2,1-6H3,(H2,24,26,27);1H. The molecule has 6 nitrogen and oxygen atoms in total. The molecule has 0 spiro atoms. The fourth-order valence-corrected chi connectivity index (χ4v) is 2.87. The number of nitrogens with zero attached hydrogens (tertiary/aromatic N) is 3. The van der Waals surface area contributed by atoms with Gasteiger partial charge in [0, 0.05) is 18.5 Å². The van der Waals surface area contributed by atoms with E-state index in [0.717, 1.165) is 37.9 Å². The lowest BCUT2D eigenvalue weighted by Crippen LogP contribution is -2.36. The second-order valence-corrected chi connectivity index (χ2v) is 8.19. The lowest BCUT2D eigenvalue weighted by Gasteiger charge is -2.18. The van der Waals surface area contributed by atoms with E-state index in [1.807, 2.05) is 0 Å². The maximum absolute atomic E-state index is 5.84. The SMILES string of the molecule is CCNC(=NCc1ccc(CN(CC)CC)cc1)NCc1ncc(C(C)(C)C)o1.I. The molecule has 0 aliphatic carbocycles. The van der Waals surface area contributed by atoms with E-state index in [0.29, 0.717) is 19.0 Å². The van der Waals surface area contributed by atoms with Gasteiger partial charge in [-0.25, -0.2) is 9.98 Å². The van der Waals surface area contributed by atoms with E-state index in [4.69, 9.17) is 9.41 Å². The van der Waals surface area contributed by atoms with Gasteiger partial charge in [-0.15, -0.1) is 24.0 Å². The molecule has 1 aromatic heterocycles. The minimum Gasteiger partial charge on any atom is -0.443 e. The van der Waals surface area contributed by atoms with Crippen LogP contribution in [0.5, 0.6) is 0 Å². The molecule has 2 N–H and O–H groups in total. The first-order valence-corrected chi connectivity index (χ1v) is 10.6. The number of aliphatic imine (C=N–C) groups is 1. The third-order valence-electron chi connectivity index (χ3n) is 4.79. The zero-order valence-electron chi connectivity index (χ0n) is 19.3. The van der Waals surface area contributed by atoms with Gasteiger partial charge in [-0.2, -0.15) is 0 Å². The number of hydrogen-bond acceptors (Lipinski definition) is 4. The van der Waals surface area contributed by atoms with Crippen LogP contribution in [0.2, 0.25) is 0 Å². The molecule has 1 aromatic carbocycles.